The number of nitrogens with zero attached hydrogens (tertiary/aromatic N) is 4. The van der Waals surface area contributed by atoms with Crippen molar-refractivity contribution < 1.29 is 32.4 Å². The van der Waals surface area contributed by atoms with Gasteiger partial charge in [0.25, 0.3) is 0 Å². The zero-order chi connectivity index (χ0) is 26.6. The fourth-order valence-corrected chi connectivity index (χ4v) is 3.85. The standard InChI is InChI=1S/C27H27Cl3N4O3.Mn/c28-22-1-4-25(35)19(13-22)16-31-7-10-34(11-8-32-17-20-14-23(29)2-5-26(20)36)12-9-33-18-21-15-24(30)3-6-27(21)37;/h1-6,13-18,35-37H,7-12H2;. The Kier molecular flexibility index (Phi) is 13.7. The van der Waals surface area contributed by atoms with Gasteiger partial charge in [-0.05, 0) is 54.6 Å². The van der Waals surface area contributed by atoms with Crippen molar-refractivity contribution in [3.8, 4) is 17.2 Å². The fourth-order valence-electron chi connectivity index (χ4n) is 3.31. The number of halogens is 3. The molecule has 0 heterocycles. The molecule has 1 radical (unpaired) electrons. The molecule has 0 bridgehead atoms. The van der Waals surface area contributed by atoms with Crippen LogP contribution in [0.2, 0.25) is 15.1 Å². The molecule has 0 aliphatic carbocycles. The minimum absolute atomic E-state index is 0. The predicted octanol–water partition coefficient (Wildman–Crippen LogP) is 5.72. The second-order valence-corrected chi connectivity index (χ2v) is 9.37. The van der Waals surface area contributed by atoms with Crippen molar-refractivity contribution in [2.45, 2.75) is 0 Å². The maximum absolute atomic E-state index is 9.95. The number of aromatic hydroxyl groups is 3. The molecule has 0 aliphatic rings. The van der Waals surface area contributed by atoms with E-state index in [4.69, 9.17) is 34.8 Å². The average Bonchev–Trinajstić information content (AvgIpc) is 2.87. The summed E-state index contributed by atoms with van der Waals surface area (Å²) in [5.74, 6) is 0.339. The third kappa shape index (κ3) is 10.7. The van der Waals surface area contributed by atoms with Gasteiger partial charge in [0.2, 0.25) is 0 Å². The molecular formula is C27H27Cl3MnN4O3. The van der Waals surface area contributed by atoms with E-state index in [0.717, 1.165) is 0 Å². The van der Waals surface area contributed by atoms with Crippen LogP contribution in [0.1, 0.15) is 16.7 Å². The molecule has 38 heavy (non-hydrogen) atoms. The molecule has 7 nitrogen and oxygen atoms in total. The number of hydrogen-bond acceptors (Lipinski definition) is 7. The molecule has 0 unspecified atom stereocenters. The Morgan fingerprint density at radius 1 is 0.553 bits per heavy atom. The molecule has 3 rings (SSSR count). The van der Waals surface area contributed by atoms with Crippen molar-refractivity contribution in [3.05, 3.63) is 86.4 Å². The summed E-state index contributed by atoms with van der Waals surface area (Å²) >= 11 is 18.0. The maximum Gasteiger partial charge on any atom is 0.124 e. The van der Waals surface area contributed by atoms with Gasteiger partial charge in [-0.2, -0.15) is 0 Å². The quantitative estimate of drug-likeness (QED) is 0.179. The van der Waals surface area contributed by atoms with Crippen LogP contribution in [0.15, 0.2) is 69.6 Å². The van der Waals surface area contributed by atoms with Crippen LogP contribution in [0, 0.1) is 0 Å². The molecule has 0 amide bonds. The Balaban J connectivity index is 0.00000507. The Morgan fingerprint density at radius 2 is 0.842 bits per heavy atom. The molecule has 3 N–H and O–H groups in total. The minimum Gasteiger partial charge on any atom is -0.507 e. The summed E-state index contributed by atoms with van der Waals surface area (Å²) in [6.07, 6.45) is 4.79. The number of hydrogen-bond donors (Lipinski definition) is 3. The van der Waals surface area contributed by atoms with Gasteiger partial charge in [-0.15, -0.1) is 0 Å². The van der Waals surface area contributed by atoms with Gasteiger partial charge in [-0.3, -0.25) is 19.9 Å². The normalized spacial score (nSPS) is 11.7. The van der Waals surface area contributed by atoms with Crippen LogP contribution in [0.3, 0.4) is 0 Å². The van der Waals surface area contributed by atoms with Gasteiger partial charge in [-0.1, -0.05) is 34.8 Å². The van der Waals surface area contributed by atoms with Crippen LogP contribution in [-0.4, -0.2) is 78.1 Å². The largest absolute Gasteiger partial charge is 0.507 e. The third-order valence-electron chi connectivity index (χ3n) is 5.30. The molecule has 0 fully saturated rings. The summed E-state index contributed by atoms with van der Waals surface area (Å²) in [5, 5.41) is 31.4. The van der Waals surface area contributed by atoms with Crippen molar-refractivity contribution in [1.82, 2.24) is 4.90 Å². The molecule has 201 valence electrons. The molecule has 0 aliphatic heterocycles. The molecule has 0 spiro atoms. The maximum atomic E-state index is 9.95. The molecule has 0 saturated heterocycles. The van der Waals surface area contributed by atoms with Crippen molar-refractivity contribution in [3.63, 3.8) is 0 Å². The van der Waals surface area contributed by atoms with Gasteiger partial charge >= 0.3 is 0 Å². The van der Waals surface area contributed by atoms with E-state index in [1.807, 2.05) is 0 Å². The van der Waals surface area contributed by atoms with Crippen LogP contribution in [0.4, 0.5) is 0 Å². The summed E-state index contributed by atoms with van der Waals surface area (Å²) in [4.78, 5) is 15.4. The van der Waals surface area contributed by atoms with E-state index in [0.29, 0.717) is 71.0 Å². The van der Waals surface area contributed by atoms with Crippen molar-refractivity contribution in [2.75, 3.05) is 39.3 Å². The van der Waals surface area contributed by atoms with Crippen molar-refractivity contribution in [1.29, 1.82) is 0 Å². The summed E-state index contributed by atoms with van der Waals surface area (Å²) in [6.45, 7) is 3.37. The summed E-state index contributed by atoms with van der Waals surface area (Å²) in [5.41, 5.74) is 1.66. The monoisotopic (exact) mass is 615 g/mol. The van der Waals surface area contributed by atoms with Crippen LogP contribution in [0.5, 0.6) is 17.2 Å². The Labute approximate surface area is 247 Å². The smallest absolute Gasteiger partial charge is 0.124 e. The van der Waals surface area contributed by atoms with Crippen LogP contribution in [-0.2, 0) is 17.1 Å². The first-order valence-electron chi connectivity index (χ1n) is 11.5. The third-order valence-corrected chi connectivity index (χ3v) is 6.00. The van der Waals surface area contributed by atoms with Crippen molar-refractivity contribution >= 4 is 53.4 Å². The van der Waals surface area contributed by atoms with Gasteiger partial charge in [0.1, 0.15) is 17.2 Å². The Bertz CT molecular complexity index is 1130. The summed E-state index contributed by atoms with van der Waals surface area (Å²) in [6, 6.07) is 14.4. The van der Waals surface area contributed by atoms with E-state index in [1.54, 1.807) is 55.0 Å². The average molecular weight is 617 g/mol. The first kappa shape index (κ1) is 31.6. The van der Waals surface area contributed by atoms with Gasteiger partial charge in [0, 0.05) is 87.1 Å². The first-order chi connectivity index (χ1) is 17.8. The van der Waals surface area contributed by atoms with Crippen LogP contribution >= 0.6 is 34.8 Å². The van der Waals surface area contributed by atoms with Gasteiger partial charge in [0.05, 0.1) is 19.6 Å². The van der Waals surface area contributed by atoms with E-state index < -0.39 is 0 Å². The predicted molar refractivity (Wildman–Crippen MR) is 153 cm³/mol. The number of phenolic OH excluding ortho intramolecular Hbond substituents is 3. The molecular weight excluding hydrogens is 590 g/mol. The summed E-state index contributed by atoms with van der Waals surface area (Å²) in [7, 11) is 0. The van der Waals surface area contributed by atoms with E-state index in [9.17, 15) is 15.3 Å². The summed E-state index contributed by atoms with van der Waals surface area (Å²) < 4.78 is 0. The van der Waals surface area contributed by atoms with E-state index in [2.05, 4.69) is 19.9 Å². The zero-order valence-electron chi connectivity index (χ0n) is 20.3. The fraction of sp³-hybridized carbons (Fsp3) is 0.222. The molecule has 0 atom stereocenters. The Morgan fingerprint density at radius 3 is 1.13 bits per heavy atom. The molecule has 3 aromatic rings. The van der Waals surface area contributed by atoms with Crippen molar-refractivity contribution in [2.24, 2.45) is 15.0 Å². The molecule has 0 aromatic heterocycles. The van der Waals surface area contributed by atoms with Crippen LogP contribution in [0.25, 0.3) is 0 Å². The van der Waals surface area contributed by atoms with Gasteiger partial charge < -0.3 is 15.3 Å². The molecule has 0 saturated carbocycles. The Hall–Kier alpha value is -2.58. The second kappa shape index (κ2) is 16.4. The van der Waals surface area contributed by atoms with E-state index >= 15 is 0 Å². The van der Waals surface area contributed by atoms with E-state index in [1.165, 1.54) is 18.2 Å². The number of benzene rings is 3. The van der Waals surface area contributed by atoms with Gasteiger partial charge in [0.15, 0.2) is 0 Å². The molecule has 11 heteroatoms. The van der Waals surface area contributed by atoms with Crippen LogP contribution < -0.4 is 0 Å². The number of phenols is 3. The first-order valence-corrected chi connectivity index (χ1v) is 12.6. The number of aliphatic imine (C=N–C) groups is 3. The SMILES string of the molecule is Oc1ccc(Cl)cc1C=NCCN(CCN=Cc1cc(Cl)ccc1O)CCN=Cc1cc(Cl)ccc1O.[Mn]. The van der Waals surface area contributed by atoms with Gasteiger partial charge in [-0.25, -0.2) is 0 Å². The molecule has 3 aromatic carbocycles. The second-order valence-electron chi connectivity index (χ2n) is 8.06. The number of rotatable bonds is 12. The zero-order valence-corrected chi connectivity index (χ0v) is 23.8. The minimum atomic E-state index is 0. The topological polar surface area (TPSA) is 101 Å². The van der Waals surface area contributed by atoms with E-state index in [-0.39, 0.29) is 34.3 Å².